The number of hydrogen-bond donors (Lipinski definition) is 1. The SMILES string of the molecule is Cc1cccc2c1C(C(N)=O)C(C)(C)O2. The van der Waals surface area contributed by atoms with E-state index in [-0.39, 0.29) is 11.8 Å². The first kappa shape index (κ1) is 10.0. The molecule has 3 heteroatoms. The smallest absolute Gasteiger partial charge is 0.229 e. The van der Waals surface area contributed by atoms with Gasteiger partial charge in [-0.2, -0.15) is 0 Å². The van der Waals surface area contributed by atoms with Crippen LogP contribution in [0, 0.1) is 6.92 Å². The minimum Gasteiger partial charge on any atom is -0.486 e. The Bertz CT molecular complexity index is 424. The predicted octanol–water partition coefficient (Wildman–Crippen LogP) is 1.73. The van der Waals surface area contributed by atoms with Crippen LogP contribution in [0.4, 0.5) is 0 Å². The van der Waals surface area contributed by atoms with Gasteiger partial charge in [0.2, 0.25) is 5.91 Å². The Hall–Kier alpha value is -1.51. The molecule has 2 N–H and O–H groups in total. The average molecular weight is 205 g/mol. The Morgan fingerprint density at radius 2 is 2.13 bits per heavy atom. The summed E-state index contributed by atoms with van der Waals surface area (Å²) in [6.45, 7) is 5.75. The van der Waals surface area contributed by atoms with Crippen molar-refractivity contribution < 1.29 is 9.53 Å². The largest absolute Gasteiger partial charge is 0.486 e. The minimum atomic E-state index is -0.541. The fourth-order valence-electron chi connectivity index (χ4n) is 2.29. The summed E-state index contributed by atoms with van der Waals surface area (Å²) in [7, 11) is 0. The molecule has 1 aliphatic heterocycles. The molecule has 0 saturated heterocycles. The van der Waals surface area contributed by atoms with E-state index >= 15 is 0 Å². The average Bonchev–Trinajstić information content (AvgIpc) is 2.36. The maximum absolute atomic E-state index is 11.5. The fourth-order valence-corrected chi connectivity index (χ4v) is 2.29. The lowest BCUT2D eigenvalue weighted by Crippen LogP contribution is -2.38. The Balaban J connectivity index is 2.61. The van der Waals surface area contributed by atoms with Crippen LogP contribution in [0.25, 0.3) is 0 Å². The van der Waals surface area contributed by atoms with E-state index in [1.54, 1.807) is 0 Å². The van der Waals surface area contributed by atoms with Crippen molar-refractivity contribution >= 4 is 5.91 Å². The molecule has 0 fully saturated rings. The van der Waals surface area contributed by atoms with E-state index in [2.05, 4.69) is 0 Å². The van der Waals surface area contributed by atoms with Gasteiger partial charge in [-0.05, 0) is 32.4 Å². The number of aryl methyl sites for hydroxylation is 1. The molecule has 80 valence electrons. The molecule has 15 heavy (non-hydrogen) atoms. The van der Waals surface area contributed by atoms with Gasteiger partial charge < -0.3 is 10.5 Å². The van der Waals surface area contributed by atoms with Crippen LogP contribution in [-0.2, 0) is 4.79 Å². The summed E-state index contributed by atoms with van der Waals surface area (Å²) in [5.74, 6) is 0.102. The predicted molar refractivity (Wildman–Crippen MR) is 57.8 cm³/mol. The standard InChI is InChI=1S/C12H15NO2/c1-7-5-4-6-8-9(7)10(11(13)14)12(2,3)15-8/h4-6,10H,1-3H3,(H2,13,14). The topological polar surface area (TPSA) is 52.3 Å². The number of nitrogens with two attached hydrogens (primary N) is 1. The normalized spacial score (nSPS) is 21.9. The van der Waals surface area contributed by atoms with Crippen LogP contribution in [0.15, 0.2) is 18.2 Å². The second-order valence-corrected chi connectivity index (χ2v) is 4.53. The van der Waals surface area contributed by atoms with Crippen LogP contribution in [0.5, 0.6) is 5.75 Å². The molecule has 1 aliphatic rings. The molecule has 2 rings (SSSR count). The van der Waals surface area contributed by atoms with Gasteiger partial charge in [0.25, 0.3) is 0 Å². The molecule has 0 aromatic heterocycles. The molecular formula is C12H15NO2. The molecule has 1 unspecified atom stereocenters. The highest BCUT2D eigenvalue weighted by Gasteiger charge is 2.45. The quantitative estimate of drug-likeness (QED) is 0.759. The van der Waals surface area contributed by atoms with Crippen molar-refractivity contribution in [2.24, 2.45) is 5.73 Å². The summed E-state index contributed by atoms with van der Waals surface area (Å²) in [5, 5.41) is 0. The van der Waals surface area contributed by atoms with E-state index in [1.165, 1.54) is 0 Å². The van der Waals surface area contributed by atoms with Gasteiger partial charge in [-0.25, -0.2) is 0 Å². The molecule has 3 nitrogen and oxygen atoms in total. The van der Waals surface area contributed by atoms with Gasteiger partial charge in [0.05, 0.1) is 0 Å². The summed E-state index contributed by atoms with van der Waals surface area (Å²) >= 11 is 0. The van der Waals surface area contributed by atoms with Crippen molar-refractivity contribution in [1.29, 1.82) is 0 Å². The van der Waals surface area contributed by atoms with E-state index in [0.717, 1.165) is 16.9 Å². The van der Waals surface area contributed by atoms with Crippen molar-refractivity contribution in [3.63, 3.8) is 0 Å². The maximum Gasteiger partial charge on any atom is 0.229 e. The van der Waals surface area contributed by atoms with Crippen molar-refractivity contribution in [2.45, 2.75) is 32.3 Å². The van der Waals surface area contributed by atoms with Gasteiger partial charge in [0.15, 0.2) is 0 Å². The molecule has 1 aromatic rings. The molecule has 0 saturated carbocycles. The fraction of sp³-hybridized carbons (Fsp3) is 0.417. The van der Waals surface area contributed by atoms with Crippen LogP contribution in [0.1, 0.15) is 30.9 Å². The number of carbonyl (C=O) groups is 1. The number of primary amides is 1. The lowest BCUT2D eigenvalue weighted by atomic mass is 9.84. The monoisotopic (exact) mass is 205 g/mol. The number of amides is 1. The third kappa shape index (κ3) is 1.39. The highest BCUT2D eigenvalue weighted by molar-refractivity contribution is 5.86. The molecule has 0 spiro atoms. The van der Waals surface area contributed by atoms with Crippen LogP contribution in [-0.4, -0.2) is 11.5 Å². The van der Waals surface area contributed by atoms with Crippen LogP contribution >= 0.6 is 0 Å². The zero-order chi connectivity index (χ0) is 11.2. The summed E-state index contributed by atoms with van der Waals surface area (Å²) in [6, 6.07) is 5.78. The number of rotatable bonds is 1. The molecule has 1 amide bonds. The maximum atomic E-state index is 11.5. The van der Waals surface area contributed by atoms with Crippen molar-refractivity contribution in [3.8, 4) is 5.75 Å². The molecule has 1 aromatic carbocycles. The first-order chi connectivity index (χ1) is 6.93. The van der Waals surface area contributed by atoms with Crippen LogP contribution < -0.4 is 10.5 Å². The first-order valence-corrected chi connectivity index (χ1v) is 5.01. The molecule has 1 heterocycles. The number of benzene rings is 1. The van der Waals surface area contributed by atoms with E-state index in [0.29, 0.717) is 0 Å². The van der Waals surface area contributed by atoms with E-state index < -0.39 is 5.60 Å². The summed E-state index contributed by atoms with van der Waals surface area (Å²) < 4.78 is 5.75. The van der Waals surface area contributed by atoms with Gasteiger partial charge in [-0.3, -0.25) is 4.79 Å². The Labute approximate surface area is 89.2 Å². The lowest BCUT2D eigenvalue weighted by Gasteiger charge is -2.24. The van der Waals surface area contributed by atoms with E-state index in [1.807, 2.05) is 39.0 Å². The molecule has 0 aliphatic carbocycles. The summed E-state index contributed by atoms with van der Waals surface area (Å²) in [4.78, 5) is 11.5. The van der Waals surface area contributed by atoms with Gasteiger partial charge in [-0.15, -0.1) is 0 Å². The Kier molecular flexibility index (Phi) is 2.00. The highest BCUT2D eigenvalue weighted by atomic mass is 16.5. The molecule has 0 radical (unpaired) electrons. The van der Waals surface area contributed by atoms with Crippen molar-refractivity contribution in [2.75, 3.05) is 0 Å². The molecule has 0 bridgehead atoms. The van der Waals surface area contributed by atoms with E-state index in [9.17, 15) is 4.79 Å². The number of carbonyl (C=O) groups excluding carboxylic acids is 1. The first-order valence-electron chi connectivity index (χ1n) is 5.01. The van der Waals surface area contributed by atoms with Crippen molar-refractivity contribution in [1.82, 2.24) is 0 Å². The third-order valence-electron chi connectivity index (χ3n) is 2.93. The number of ether oxygens (including phenoxy) is 1. The van der Waals surface area contributed by atoms with Gasteiger partial charge in [0.1, 0.15) is 17.3 Å². The molecular weight excluding hydrogens is 190 g/mol. The minimum absolute atomic E-state index is 0.326. The summed E-state index contributed by atoms with van der Waals surface area (Å²) in [6.07, 6.45) is 0. The number of hydrogen-bond acceptors (Lipinski definition) is 2. The zero-order valence-electron chi connectivity index (χ0n) is 9.20. The van der Waals surface area contributed by atoms with Crippen molar-refractivity contribution in [3.05, 3.63) is 29.3 Å². The van der Waals surface area contributed by atoms with Gasteiger partial charge in [0, 0.05) is 5.56 Å². The van der Waals surface area contributed by atoms with Crippen LogP contribution in [0.2, 0.25) is 0 Å². The Morgan fingerprint density at radius 3 is 2.73 bits per heavy atom. The van der Waals surface area contributed by atoms with Gasteiger partial charge >= 0.3 is 0 Å². The highest BCUT2D eigenvalue weighted by Crippen LogP contribution is 2.45. The summed E-state index contributed by atoms with van der Waals surface area (Å²) in [5.41, 5.74) is 6.89. The second kappa shape index (κ2) is 2.99. The number of fused-ring (bicyclic) bond motifs is 1. The van der Waals surface area contributed by atoms with Crippen LogP contribution in [0.3, 0.4) is 0 Å². The molecule has 1 atom stereocenters. The zero-order valence-corrected chi connectivity index (χ0v) is 9.20. The van der Waals surface area contributed by atoms with E-state index in [4.69, 9.17) is 10.5 Å². The Morgan fingerprint density at radius 1 is 1.47 bits per heavy atom. The van der Waals surface area contributed by atoms with Gasteiger partial charge in [-0.1, -0.05) is 12.1 Å². The third-order valence-corrected chi connectivity index (χ3v) is 2.93. The lowest BCUT2D eigenvalue weighted by molar-refractivity contribution is -0.122. The second-order valence-electron chi connectivity index (χ2n) is 4.53.